The third kappa shape index (κ3) is 5.60. The molecule has 9 atom stereocenters. The van der Waals surface area contributed by atoms with Gasteiger partial charge in [0.05, 0.1) is 31.3 Å². The van der Waals surface area contributed by atoms with Crippen LogP contribution in [0.3, 0.4) is 0 Å². The van der Waals surface area contributed by atoms with Gasteiger partial charge in [-0.3, -0.25) is 20.3 Å². The van der Waals surface area contributed by atoms with Gasteiger partial charge >= 0.3 is 0 Å². The molecule has 0 bridgehead atoms. The summed E-state index contributed by atoms with van der Waals surface area (Å²) in [6, 6.07) is 3.13. The maximum atomic E-state index is 12.6. The van der Waals surface area contributed by atoms with Crippen molar-refractivity contribution < 1.29 is 9.53 Å². The zero-order valence-corrected chi connectivity index (χ0v) is 24.5. The Balaban J connectivity index is 1.21. The van der Waals surface area contributed by atoms with Crippen molar-refractivity contribution in [2.45, 2.75) is 94.9 Å². The second-order valence-corrected chi connectivity index (χ2v) is 13.6. The number of hydrogen-bond acceptors (Lipinski definition) is 8. The lowest BCUT2D eigenvalue weighted by atomic mass is 9.52. The smallest absolute Gasteiger partial charge is 0.246 e. The molecule has 4 saturated heterocycles. The molecule has 0 radical (unpaired) electrons. The maximum Gasteiger partial charge on any atom is 0.246 e. The van der Waals surface area contributed by atoms with E-state index in [4.69, 9.17) is 4.74 Å². The Hall–Kier alpha value is -1.54. The SMILES string of the molecule is C=CC(=O)N1CCN(C2NC(OC[C@@H]3CCCN3C)NC3C[C@@]4(CCCC5CCNCC54)CCC32)C[C@@H]1CC#N. The Kier molecular flexibility index (Phi) is 8.83. The molecule has 6 unspecified atom stereocenters. The van der Waals surface area contributed by atoms with Crippen LogP contribution in [0.15, 0.2) is 12.7 Å². The van der Waals surface area contributed by atoms with Crippen LogP contribution in [-0.2, 0) is 9.53 Å². The van der Waals surface area contributed by atoms with Crippen LogP contribution in [0.25, 0.3) is 0 Å². The highest BCUT2D eigenvalue weighted by atomic mass is 16.5. The molecule has 0 aromatic heterocycles. The number of piperazine rings is 1. The first-order valence-corrected chi connectivity index (χ1v) is 16.1. The summed E-state index contributed by atoms with van der Waals surface area (Å²) in [6.07, 6.45) is 13.4. The highest BCUT2D eigenvalue weighted by Crippen LogP contribution is 2.56. The molecule has 1 amide bonds. The first kappa shape index (κ1) is 28.6. The van der Waals surface area contributed by atoms with Crippen LogP contribution in [0.4, 0.5) is 0 Å². The first-order valence-electron chi connectivity index (χ1n) is 16.1. The fraction of sp³-hybridized carbons (Fsp3) is 0.871. The Morgan fingerprint density at radius 2 is 2.02 bits per heavy atom. The molecule has 222 valence electrons. The van der Waals surface area contributed by atoms with Crippen LogP contribution in [0.5, 0.6) is 0 Å². The molecule has 2 aliphatic carbocycles. The molecule has 0 aromatic rings. The number of hydrogen-bond donors (Lipinski definition) is 3. The molecule has 6 fully saturated rings. The number of nitrogens with zero attached hydrogens (tertiary/aromatic N) is 4. The predicted molar refractivity (Wildman–Crippen MR) is 155 cm³/mol. The van der Waals surface area contributed by atoms with Gasteiger partial charge in [0.25, 0.3) is 0 Å². The molecule has 40 heavy (non-hydrogen) atoms. The van der Waals surface area contributed by atoms with Crippen LogP contribution < -0.4 is 16.0 Å². The Morgan fingerprint density at radius 1 is 1.12 bits per heavy atom. The number of likely N-dealkylation sites (N-methyl/N-ethyl adjacent to an activating group) is 1. The van der Waals surface area contributed by atoms with Crippen LogP contribution >= 0.6 is 0 Å². The molecule has 4 heterocycles. The third-order valence-electron chi connectivity index (χ3n) is 11.7. The summed E-state index contributed by atoms with van der Waals surface area (Å²) in [7, 11) is 2.21. The van der Waals surface area contributed by atoms with Gasteiger partial charge in [0.2, 0.25) is 5.91 Å². The zero-order chi connectivity index (χ0) is 27.7. The van der Waals surface area contributed by atoms with E-state index in [1.165, 1.54) is 77.0 Å². The number of amides is 1. The number of fused-ring (bicyclic) bond motifs is 3. The van der Waals surface area contributed by atoms with Crippen molar-refractivity contribution in [3.05, 3.63) is 12.7 Å². The van der Waals surface area contributed by atoms with E-state index < -0.39 is 0 Å². The monoisotopic (exact) mass is 553 g/mol. The van der Waals surface area contributed by atoms with Gasteiger partial charge in [-0.15, -0.1) is 0 Å². The lowest BCUT2D eigenvalue weighted by Crippen LogP contribution is -2.73. The molecule has 4 aliphatic heterocycles. The number of carbonyl (C=O) groups excluding carboxylic acids is 1. The summed E-state index contributed by atoms with van der Waals surface area (Å²) in [5, 5.41) is 21.2. The van der Waals surface area contributed by atoms with Gasteiger partial charge in [0, 0.05) is 37.6 Å². The quantitative estimate of drug-likeness (QED) is 0.431. The molecule has 9 nitrogen and oxygen atoms in total. The molecule has 9 heteroatoms. The van der Waals surface area contributed by atoms with Gasteiger partial charge in [-0.05, 0) is 95.0 Å². The molecule has 0 aromatic carbocycles. The van der Waals surface area contributed by atoms with E-state index in [0.29, 0.717) is 42.9 Å². The van der Waals surface area contributed by atoms with E-state index >= 15 is 0 Å². The maximum absolute atomic E-state index is 12.6. The van der Waals surface area contributed by atoms with Gasteiger partial charge in [-0.2, -0.15) is 5.26 Å². The molecule has 3 N–H and O–H groups in total. The topological polar surface area (TPSA) is 95.9 Å². The summed E-state index contributed by atoms with van der Waals surface area (Å²) in [5.41, 5.74) is 0.432. The van der Waals surface area contributed by atoms with E-state index in [2.05, 4.69) is 45.4 Å². The zero-order valence-electron chi connectivity index (χ0n) is 24.5. The summed E-state index contributed by atoms with van der Waals surface area (Å²) >= 11 is 0. The Bertz CT molecular complexity index is 954. The van der Waals surface area contributed by atoms with Crippen molar-refractivity contribution in [2.24, 2.45) is 23.2 Å². The summed E-state index contributed by atoms with van der Waals surface area (Å²) in [5.74, 6) is 2.11. The van der Waals surface area contributed by atoms with Gasteiger partial charge in [-0.25, -0.2) is 0 Å². The van der Waals surface area contributed by atoms with Crippen molar-refractivity contribution in [3.8, 4) is 6.07 Å². The predicted octanol–water partition coefficient (Wildman–Crippen LogP) is 2.08. The van der Waals surface area contributed by atoms with Crippen LogP contribution in [0.2, 0.25) is 0 Å². The summed E-state index contributed by atoms with van der Waals surface area (Å²) < 4.78 is 6.61. The third-order valence-corrected chi connectivity index (χ3v) is 11.7. The average molecular weight is 554 g/mol. The van der Waals surface area contributed by atoms with Gasteiger partial charge in [0.15, 0.2) is 6.35 Å². The van der Waals surface area contributed by atoms with E-state index in [1.807, 2.05) is 4.90 Å². The number of piperidine rings is 1. The lowest BCUT2D eigenvalue weighted by Gasteiger charge is -2.59. The molecule has 2 saturated carbocycles. The molecular weight excluding hydrogens is 502 g/mol. The highest BCUT2D eigenvalue weighted by Gasteiger charge is 2.54. The fourth-order valence-electron chi connectivity index (χ4n) is 9.56. The summed E-state index contributed by atoms with van der Waals surface area (Å²) in [4.78, 5) is 19.4. The second kappa shape index (κ2) is 12.4. The second-order valence-electron chi connectivity index (χ2n) is 13.6. The molecule has 6 aliphatic rings. The minimum absolute atomic E-state index is 0.0644. The Labute approximate surface area is 241 Å². The lowest BCUT2D eigenvalue weighted by molar-refractivity contribution is -0.140. The minimum Gasteiger partial charge on any atom is -0.348 e. The summed E-state index contributed by atoms with van der Waals surface area (Å²) in [6.45, 7) is 10.1. The van der Waals surface area contributed by atoms with Gasteiger partial charge < -0.3 is 19.9 Å². The fourth-order valence-corrected chi connectivity index (χ4v) is 9.56. The standard InChI is InChI=1S/C31H51N7O2/c1-3-28(39)38-17-16-37(20-23(38)9-13-32)29-25-8-12-31(11-4-6-22-10-14-33-19-26(22)31)18-27(25)34-30(35-29)40-21-24-7-5-15-36(24)2/h3,22-27,29-30,33-35H,1,4-12,14-21H2,2H3/t22?,23-,24-,25?,26?,27?,29?,30?,31+/m0/s1. The molecular formula is C31H51N7O2. The van der Waals surface area contributed by atoms with Crippen LogP contribution in [0, 0.1) is 34.5 Å². The van der Waals surface area contributed by atoms with Crippen molar-refractivity contribution in [1.29, 1.82) is 5.26 Å². The van der Waals surface area contributed by atoms with Crippen LogP contribution in [0.1, 0.15) is 64.2 Å². The van der Waals surface area contributed by atoms with Crippen molar-refractivity contribution in [3.63, 3.8) is 0 Å². The normalized spacial score (nSPS) is 42.6. The van der Waals surface area contributed by atoms with Crippen molar-refractivity contribution in [1.82, 2.24) is 30.7 Å². The highest BCUT2D eigenvalue weighted by molar-refractivity contribution is 5.87. The first-order chi connectivity index (χ1) is 19.5. The molecule has 6 rings (SSSR count). The van der Waals surface area contributed by atoms with Crippen molar-refractivity contribution in [2.75, 3.05) is 52.9 Å². The van der Waals surface area contributed by atoms with E-state index in [1.54, 1.807) is 0 Å². The number of likely N-dealkylation sites (tertiary alicyclic amines) is 1. The molecule has 1 spiro atoms. The number of nitrogens with one attached hydrogen (secondary N) is 3. The number of ether oxygens (including phenoxy) is 1. The number of carbonyl (C=O) groups is 1. The van der Waals surface area contributed by atoms with E-state index in [0.717, 1.165) is 31.5 Å². The Morgan fingerprint density at radius 3 is 2.83 bits per heavy atom. The number of nitriles is 1. The van der Waals surface area contributed by atoms with Crippen LogP contribution in [-0.4, -0.2) is 104 Å². The minimum atomic E-state index is -0.179. The number of rotatable bonds is 6. The van der Waals surface area contributed by atoms with Gasteiger partial charge in [-0.1, -0.05) is 19.4 Å². The largest absolute Gasteiger partial charge is 0.348 e. The van der Waals surface area contributed by atoms with E-state index in [9.17, 15) is 10.1 Å². The van der Waals surface area contributed by atoms with Gasteiger partial charge in [0.1, 0.15) is 0 Å². The van der Waals surface area contributed by atoms with E-state index in [-0.39, 0.29) is 24.5 Å². The van der Waals surface area contributed by atoms with Crippen molar-refractivity contribution >= 4 is 5.91 Å². The average Bonchev–Trinajstić information content (AvgIpc) is 3.40.